The molecule has 1 aliphatic heterocycles. The van der Waals surface area contributed by atoms with Crippen LogP contribution in [0.15, 0.2) is 30.3 Å². The molecule has 2 fully saturated rings. The Balaban J connectivity index is 1.68. The van der Waals surface area contributed by atoms with Crippen LogP contribution >= 0.6 is 0 Å². The van der Waals surface area contributed by atoms with Gasteiger partial charge in [0.2, 0.25) is 15.9 Å². The van der Waals surface area contributed by atoms with Crippen LogP contribution in [0.5, 0.6) is 0 Å². The fraction of sp³-hybridized carbons (Fsp3) is 0.556. The molecule has 1 amide bonds. The zero-order valence-electron chi connectivity index (χ0n) is 14.6. The van der Waals surface area contributed by atoms with Gasteiger partial charge >= 0.3 is 5.97 Å². The summed E-state index contributed by atoms with van der Waals surface area (Å²) in [5.41, 5.74) is 0.714. The minimum Gasteiger partial charge on any atom is -0.480 e. The number of hydrogen-bond acceptors (Lipinski definition) is 4. The number of sulfonamides is 1. The summed E-state index contributed by atoms with van der Waals surface area (Å²) in [6, 6.07) is 8.97. The summed E-state index contributed by atoms with van der Waals surface area (Å²) in [7, 11) is -3.51. The summed E-state index contributed by atoms with van der Waals surface area (Å²) in [4.78, 5) is 25.3. The summed E-state index contributed by atoms with van der Waals surface area (Å²) < 4.78 is 26.8. The van der Waals surface area contributed by atoms with Gasteiger partial charge in [-0.25, -0.2) is 12.7 Å². The van der Waals surface area contributed by atoms with E-state index in [-0.39, 0.29) is 30.8 Å². The molecule has 1 aromatic carbocycles. The Morgan fingerprint density at radius 2 is 1.85 bits per heavy atom. The third-order valence-electron chi connectivity index (χ3n) is 4.89. The second-order valence-corrected chi connectivity index (χ2v) is 9.00. The Labute approximate surface area is 153 Å². The number of carboxylic acids is 1. The lowest BCUT2D eigenvalue weighted by molar-refractivity contribution is -0.147. The van der Waals surface area contributed by atoms with Crippen LogP contribution in [0.25, 0.3) is 0 Å². The third kappa shape index (κ3) is 4.62. The molecule has 1 heterocycles. The van der Waals surface area contributed by atoms with Crippen molar-refractivity contribution in [3.63, 3.8) is 0 Å². The Kier molecular flexibility index (Phi) is 5.62. The molecular weight excluding hydrogens is 356 g/mol. The van der Waals surface area contributed by atoms with Crippen LogP contribution in [0.3, 0.4) is 0 Å². The summed E-state index contributed by atoms with van der Waals surface area (Å²) in [5, 5.41) is 9.05. The first-order valence-corrected chi connectivity index (χ1v) is 10.5. The molecule has 1 atom stereocenters. The van der Waals surface area contributed by atoms with Gasteiger partial charge in [0.1, 0.15) is 6.54 Å². The van der Waals surface area contributed by atoms with E-state index in [9.17, 15) is 18.0 Å². The van der Waals surface area contributed by atoms with Crippen molar-refractivity contribution in [3.8, 4) is 0 Å². The maximum atomic E-state index is 12.8. The lowest BCUT2D eigenvalue weighted by Gasteiger charge is -2.34. The van der Waals surface area contributed by atoms with E-state index in [0.29, 0.717) is 24.9 Å². The van der Waals surface area contributed by atoms with E-state index in [1.807, 2.05) is 6.07 Å². The topological polar surface area (TPSA) is 95.0 Å². The molecule has 0 bridgehead atoms. The van der Waals surface area contributed by atoms with Crippen molar-refractivity contribution in [1.82, 2.24) is 9.21 Å². The average Bonchev–Trinajstić information content (AvgIpc) is 3.44. The molecule has 1 saturated heterocycles. The number of rotatable bonds is 7. The smallest absolute Gasteiger partial charge is 0.323 e. The number of carbonyl (C=O) groups excluding carboxylic acids is 1. The first kappa shape index (κ1) is 18.8. The largest absolute Gasteiger partial charge is 0.480 e. The van der Waals surface area contributed by atoms with E-state index in [2.05, 4.69) is 0 Å². The molecule has 2 aliphatic rings. The predicted octanol–water partition coefficient (Wildman–Crippen LogP) is 1.30. The number of aliphatic carboxylic acids is 1. The van der Waals surface area contributed by atoms with Gasteiger partial charge in [0.15, 0.2) is 0 Å². The molecule has 1 N–H and O–H groups in total. The molecule has 3 rings (SSSR count). The van der Waals surface area contributed by atoms with Crippen molar-refractivity contribution in [1.29, 1.82) is 0 Å². The second-order valence-electron chi connectivity index (χ2n) is 7.03. The number of amides is 1. The second kappa shape index (κ2) is 7.75. The normalized spacial score (nSPS) is 21.3. The molecule has 0 radical (unpaired) electrons. The van der Waals surface area contributed by atoms with Crippen molar-refractivity contribution in [2.45, 2.75) is 37.5 Å². The van der Waals surface area contributed by atoms with Gasteiger partial charge in [-0.3, -0.25) is 9.59 Å². The van der Waals surface area contributed by atoms with Crippen molar-refractivity contribution in [3.05, 3.63) is 35.9 Å². The van der Waals surface area contributed by atoms with Gasteiger partial charge in [-0.15, -0.1) is 0 Å². The quantitative estimate of drug-likeness (QED) is 0.769. The molecule has 0 aromatic heterocycles. The molecule has 1 unspecified atom stereocenters. The molecule has 1 aliphatic carbocycles. The molecule has 1 aromatic rings. The lowest BCUT2D eigenvalue weighted by atomic mass is 9.98. The van der Waals surface area contributed by atoms with Crippen LogP contribution in [-0.2, 0) is 25.4 Å². The number of hydrogen-bond donors (Lipinski definition) is 1. The van der Waals surface area contributed by atoms with E-state index in [1.165, 1.54) is 9.21 Å². The Bertz CT molecular complexity index is 761. The summed E-state index contributed by atoms with van der Waals surface area (Å²) >= 11 is 0. The van der Waals surface area contributed by atoms with E-state index < -0.39 is 21.9 Å². The van der Waals surface area contributed by atoms with Gasteiger partial charge in [-0.05, 0) is 31.2 Å². The molecule has 142 valence electrons. The maximum Gasteiger partial charge on any atom is 0.323 e. The Morgan fingerprint density at radius 1 is 1.15 bits per heavy atom. The van der Waals surface area contributed by atoms with E-state index in [4.69, 9.17) is 5.11 Å². The highest BCUT2D eigenvalue weighted by Crippen LogP contribution is 2.30. The first-order valence-electron chi connectivity index (χ1n) is 8.91. The van der Waals surface area contributed by atoms with Gasteiger partial charge < -0.3 is 10.0 Å². The van der Waals surface area contributed by atoms with Crippen LogP contribution in [0.4, 0.5) is 0 Å². The molecule has 1 saturated carbocycles. The zero-order valence-corrected chi connectivity index (χ0v) is 15.4. The lowest BCUT2D eigenvalue weighted by Crippen LogP contribution is -2.48. The number of benzene rings is 1. The monoisotopic (exact) mass is 380 g/mol. The van der Waals surface area contributed by atoms with E-state index in [0.717, 1.165) is 12.8 Å². The average molecular weight is 380 g/mol. The standard InChI is InChI=1S/C18H24N2O5S/c21-17(22)12-20(16-8-9-16)18(23)15-7-4-10-19(11-15)26(24,25)13-14-5-2-1-3-6-14/h1-3,5-6,15-16H,4,7-13H2,(H,21,22). The predicted molar refractivity (Wildman–Crippen MR) is 95.7 cm³/mol. The molecule has 0 spiro atoms. The van der Waals surface area contributed by atoms with Gasteiger partial charge in [-0.1, -0.05) is 30.3 Å². The van der Waals surface area contributed by atoms with Crippen LogP contribution in [-0.4, -0.2) is 60.3 Å². The SMILES string of the molecule is O=C(O)CN(C(=O)C1CCCN(S(=O)(=O)Cc2ccccc2)C1)C1CC1. The van der Waals surface area contributed by atoms with E-state index >= 15 is 0 Å². The van der Waals surface area contributed by atoms with Gasteiger partial charge in [0.25, 0.3) is 0 Å². The molecule has 8 heteroatoms. The minimum absolute atomic E-state index is 0.00472. The van der Waals surface area contributed by atoms with Crippen molar-refractivity contribution in [2.24, 2.45) is 5.92 Å². The Hall–Kier alpha value is -1.93. The van der Waals surface area contributed by atoms with Gasteiger partial charge in [-0.2, -0.15) is 0 Å². The fourth-order valence-corrected chi connectivity index (χ4v) is 5.04. The number of piperidine rings is 1. The highest BCUT2D eigenvalue weighted by Gasteiger charge is 2.39. The van der Waals surface area contributed by atoms with Crippen molar-refractivity contribution >= 4 is 21.9 Å². The highest BCUT2D eigenvalue weighted by atomic mass is 32.2. The highest BCUT2D eigenvalue weighted by molar-refractivity contribution is 7.88. The van der Waals surface area contributed by atoms with Crippen LogP contribution in [0.1, 0.15) is 31.2 Å². The summed E-state index contributed by atoms with van der Waals surface area (Å²) in [6.07, 6.45) is 2.85. The van der Waals surface area contributed by atoms with Crippen LogP contribution in [0, 0.1) is 5.92 Å². The molecule has 7 nitrogen and oxygen atoms in total. The van der Waals surface area contributed by atoms with Crippen LogP contribution in [0.2, 0.25) is 0 Å². The number of carbonyl (C=O) groups is 2. The van der Waals surface area contributed by atoms with Gasteiger partial charge in [0.05, 0.1) is 11.7 Å². The first-order chi connectivity index (χ1) is 12.4. The number of carboxylic acid groups (broad SMARTS) is 1. The van der Waals surface area contributed by atoms with Crippen LogP contribution < -0.4 is 0 Å². The summed E-state index contributed by atoms with van der Waals surface area (Å²) in [5.74, 6) is -1.81. The fourth-order valence-electron chi connectivity index (χ4n) is 3.43. The molecule has 26 heavy (non-hydrogen) atoms. The van der Waals surface area contributed by atoms with Crippen molar-refractivity contribution in [2.75, 3.05) is 19.6 Å². The minimum atomic E-state index is -3.51. The van der Waals surface area contributed by atoms with Gasteiger partial charge in [0, 0.05) is 19.1 Å². The maximum absolute atomic E-state index is 12.8. The summed E-state index contributed by atoms with van der Waals surface area (Å²) in [6.45, 7) is 0.231. The number of nitrogens with zero attached hydrogens (tertiary/aromatic N) is 2. The zero-order chi connectivity index (χ0) is 18.7. The van der Waals surface area contributed by atoms with E-state index in [1.54, 1.807) is 24.3 Å². The third-order valence-corrected chi connectivity index (χ3v) is 6.71. The van der Waals surface area contributed by atoms with Crippen molar-refractivity contribution < 1.29 is 23.1 Å². The molecular formula is C18H24N2O5S. The Morgan fingerprint density at radius 3 is 2.46 bits per heavy atom.